The van der Waals surface area contributed by atoms with Gasteiger partial charge in [-0.15, -0.1) is 0 Å². The van der Waals surface area contributed by atoms with E-state index in [0.29, 0.717) is 5.56 Å². The van der Waals surface area contributed by atoms with Crippen LogP contribution in [0.4, 0.5) is 4.79 Å². The van der Waals surface area contributed by atoms with Crippen LogP contribution in [0.1, 0.15) is 25.0 Å². The molecule has 0 unspecified atom stereocenters. The van der Waals surface area contributed by atoms with Crippen molar-refractivity contribution in [3.63, 3.8) is 0 Å². The number of hydrogen-bond donors (Lipinski definition) is 2. The summed E-state index contributed by atoms with van der Waals surface area (Å²) in [5.41, 5.74) is 0.0850. The number of imide groups is 1. The molecule has 0 bridgehead atoms. The number of aryl methyl sites for hydroxylation is 1. The summed E-state index contributed by atoms with van der Waals surface area (Å²) >= 11 is 0. The summed E-state index contributed by atoms with van der Waals surface area (Å²) in [6.45, 7) is 3.35. The Kier molecular flexibility index (Phi) is 5.93. The molecule has 9 nitrogen and oxygen atoms in total. The lowest BCUT2D eigenvalue weighted by molar-refractivity contribution is -0.150. The molecule has 0 aliphatic carbocycles. The second-order valence-electron chi connectivity index (χ2n) is 6.68. The molecule has 1 fully saturated rings. The number of nitrogens with zero attached hydrogens (tertiary/aromatic N) is 2. The second-order valence-corrected chi connectivity index (χ2v) is 6.68. The van der Waals surface area contributed by atoms with Crippen LogP contribution in [0.3, 0.4) is 0 Å². The molecule has 0 spiro atoms. The summed E-state index contributed by atoms with van der Waals surface area (Å²) in [5.74, 6) is -3.63. The Morgan fingerprint density at radius 2 is 1.93 bits per heavy atom. The molecular formula is C19H20N4O5. The van der Waals surface area contributed by atoms with E-state index in [2.05, 4.69) is 5.32 Å². The molecular weight excluding hydrogens is 364 g/mol. The summed E-state index contributed by atoms with van der Waals surface area (Å²) in [6.07, 6.45) is 0. The van der Waals surface area contributed by atoms with E-state index in [9.17, 15) is 19.2 Å². The van der Waals surface area contributed by atoms with Gasteiger partial charge >= 0.3 is 12.0 Å². The molecule has 146 valence electrons. The predicted octanol–water partition coefficient (Wildman–Crippen LogP) is 1.05. The highest BCUT2D eigenvalue weighted by atomic mass is 16.5. The zero-order valence-corrected chi connectivity index (χ0v) is 15.7. The number of rotatable bonds is 7. The largest absolute Gasteiger partial charge is 0.456 e. The van der Waals surface area contributed by atoms with Crippen LogP contribution in [0.15, 0.2) is 24.3 Å². The number of Topliss-reactive ketones (excluding diaryl/α,β-unsaturated/α-hetero) is 1. The van der Waals surface area contributed by atoms with Crippen molar-refractivity contribution in [1.29, 1.82) is 10.7 Å². The topological polar surface area (TPSA) is 140 Å². The van der Waals surface area contributed by atoms with Crippen molar-refractivity contribution >= 4 is 29.4 Å². The Hall–Kier alpha value is -3.54. The number of ether oxygens (including phenoxy) is 1. The van der Waals surface area contributed by atoms with Crippen molar-refractivity contribution in [2.45, 2.75) is 26.3 Å². The fourth-order valence-electron chi connectivity index (χ4n) is 2.74. The second kappa shape index (κ2) is 8.00. The number of carbonyl (C=O) groups excluding carboxylic acids is 4. The Bertz CT molecular complexity index is 887. The highest BCUT2D eigenvalue weighted by Gasteiger charge is 2.49. The van der Waals surface area contributed by atoms with Gasteiger partial charge in [0.25, 0.3) is 5.91 Å². The maximum Gasteiger partial charge on any atom is 0.326 e. The summed E-state index contributed by atoms with van der Waals surface area (Å²) in [5, 5.41) is 18.8. The molecule has 28 heavy (non-hydrogen) atoms. The number of urea groups is 1. The number of esters is 1. The van der Waals surface area contributed by atoms with Crippen molar-refractivity contribution < 1.29 is 23.9 Å². The van der Waals surface area contributed by atoms with Gasteiger partial charge in [0.05, 0.1) is 6.07 Å². The van der Waals surface area contributed by atoms with Crippen LogP contribution < -0.4 is 5.32 Å². The summed E-state index contributed by atoms with van der Waals surface area (Å²) in [7, 11) is 0. The molecule has 1 aromatic rings. The standard InChI is InChI=1S/C19H20N4O5/c1-11-4-6-13(7-5-11)19(3)17(26)23(18(27)22-19)9-16(25)28-10-15(24)14(8-20)12(2)21/h4-7,14,21H,9-10H2,1-3H3,(H,22,27)/t14-,19+/m0/s1. The Balaban J connectivity index is 2.03. The van der Waals surface area contributed by atoms with Gasteiger partial charge in [0.15, 0.2) is 12.4 Å². The summed E-state index contributed by atoms with van der Waals surface area (Å²) in [6, 6.07) is 7.95. The third-order valence-corrected chi connectivity index (χ3v) is 4.45. The van der Waals surface area contributed by atoms with E-state index in [-0.39, 0.29) is 5.71 Å². The van der Waals surface area contributed by atoms with Crippen LogP contribution in [0.5, 0.6) is 0 Å². The van der Waals surface area contributed by atoms with E-state index in [1.165, 1.54) is 13.8 Å². The maximum absolute atomic E-state index is 12.7. The van der Waals surface area contributed by atoms with Gasteiger partial charge in [-0.3, -0.25) is 19.3 Å². The van der Waals surface area contributed by atoms with E-state index in [1.54, 1.807) is 30.3 Å². The Morgan fingerprint density at radius 3 is 2.46 bits per heavy atom. The smallest absolute Gasteiger partial charge is 0.326 e. The monoisotopic (exact) mass is 384 g/mol. The fraction of sp³-hybridized carbons (Fsp3) is 0.368. The minimum absolute atomic E-state index is 0.161. The number of ketones is 1. The average Bonchev–Trinajstić information content (AvgIpc) is 2.85. The van der Waals surface area contributed by atoms with Crippen molar-refractivity contribution in [1.82, 2.24) is 10.2 Å². The van der Waals surface area contributed by atoms with Gasteiger partial charge in [-0.05, 0) is 26.3 Å². The first-order chi connectivity index (χ1) is 13.1. The lowest BCUT2D eigenvalue weighted by Gasteiger charge is -2.22. The molecule has 1 heterocycles. The minimum Gasteiger partial charge on any atom is -0.456 e. The number of hydrogen-bond acceptors (Lipinski definition) is 7. The molecule has 2 N–H and O–H groups in total. The maximum atomic E-state index is 12.7. The molecule has 9 heteroatoms. The van der Waals surface area contributed by atoms with Crippen LogP contribution in [0.2, 0.25) is 0 Å². The summed E-state index contributed by atoms with van der Waals surface area (Å²) < 4.78 is 4.77. The lowest BCUT2D eigenvalue weighted by Crippen LogP contribution is -2.41. The number of nitrogens with one attached hydrogen (secondary N) is 2. The van der Waals surface area contributed by atoms with Gasteiger partial charge in [0.1, 0.15) is 18.0 Å². The first-order valence-electron chi connectivity index (χ1n) is 8.44. The molecule has 2 atom stereocenters. The van der Waals surface area contributed by atoms with Crippen molar-refractivity contribution in [3.8, 4) is 6.07 Å². The van der Waals surface area contributed by atoms with Crippen LogP contribution in [-0.2, 0) is 24.7 Å². The number of amides is 3. The van der Waals surface area contributed by atoms with Crippen molar-refractivity contribution in [2.75, 3.05) is 13.2 Å². The Morgan fingerprint density at radius 1 is 1.32 bits per heavy atom. The normalized spacial score (nSPS) is 19.6. The molecule has 1 aliphatic heterocycles. The molecule has 0 radical (unpaired) electrons. The van der Waals surface area contributed by atoms with Crippen LogP contribution in [0, 0.1) is 29.6 Å². The van der Waals surface area contributed by atoms with E-state index >= 15 is 0 Å². The van der Waals surface area contributed by atoms with Gasteiger partial charge < -0.3 is 15.5 Å². The number of nitriles is 1. The van der Waals surface area contributed by atoms with E-state index in [0.717, 1.165) is 10.5 Å². The third kappa shape index (κ3) is 4.06. The van der Waals surface area contributed by atoms with Gasteiger partial charge in [0, 0.05) is 5.71 Å². The first kappa shape index (κ1) is 20.8. The molecule has 3 amide bonds. The first-order valence-corrected chi connectivity index (χ1v) is 8.44. The quantitative estimate of drug-likeness (QED) is 0.409. The summed E-state index contributed by atoms with van der Waals surface area (Å²) in [4.78, 5) is 49.4. The molecule has 1 saturated heterocycles. The van der Waals surface area contributed by atoms with Gasteiger partial charge in [-0.1, -0.05) is 29.8 Å². The van der Waals surface area contributed by atoms with Crippen LogP contribution >= 0.6 is 0 Å². The van der Waals surface area contributed by atoms with Gasteiger partial charge in [-0.2, -0.15) is 5.26 Å². The predicted molar refractivity (Wildman–Crippen MR) is 97.2 cm³/mol. The average molecular weight is 384 g/mol. The van der Waals surface area contributed by atoms with Crippen molar-refractivity contribution in [2.24, 2.45) is 5.92 Å². The highest BCUT2D eigenvalue weighted by molar-refractivity contribution is 6.09. The zero-order valence-electron chi connectivity index (χ0n) is 15.7. The number of carbonyl (C=O) groups is 4. The molecule has 2 rings (SSSR count). The molecule has 1 aromatic carbocycles. The van der Waals surface area contributed by atoms with Crippen LogP contribution in [0.25, 0.3) is 0 Å². The SMILES string of the molecule is CC(=N)[C@H](C#N)C(=O)COC(=O)CN1C(=O)N[C@](C)(c2ccc(C)cc2)C1=O. The molecule has 1 aliphatic rings. The highest BCUT2D eigenvalue weighted by Crippen LogP contribution is 2.28. The molecule has 0 saturated carbocycles. The third-order valence-electron chi connectivity index (χ3n) is 4.45. The van der Waals surface area contributed by atoms with E-state index < -0.39 is 48.3 Å². The zero-order chi connectivity index (χ0) is 21.1. The number of benzene rings is 1. The van der Waals surface area contributed by atoms with E-state index in [4.69, 9.17) is 15.4 Å². The minimum atomic E-state index is -1.32. The fourth-order valence-corrected chi connectivity index (χ4v) is 2.74. The van der Waals surface area contributed by atoms with Gasteiger partial charge in [0.2, 0.25) is 0 Å². The lowest BCUT2D eigenvalue weighted by atomic mass is 9.91. The van der Waals surface area contributed by atoms with Crippen molar-refractivity contribution in [3.05, 3.63) is 35.4 Å². The van der Waals surface area contributed by atoms with E-state index in [1.807, 2.05) is 6.92 Å². The Labute approximate surface area is 161 Å². The van der Waals surface area contributed by atoms with Crippen LogP contribution in [-0.4, -0.2) is 47.5 Å². The van der Waals surface area contributed by atoms with Gasteiger partial charge in [-0.25, -0.2) is 4.79 Å². The molecule has 0 aromatic heterocycles.